The summed E-state index contributed by atoms with van der Waals surface area (Å²) in [6.45, 7) is 6.62. The van der Waals surface area contributed by atoms with Gasteiger partial charge in [-0.25, -0.2) is 0 Å². The molecular formula is C10H19ClN2O. The number of hydrogen-bond donors (Lipinski definition) is 2. The predicted octanol–water partition coefficient (Wildman–Crippen LogP) is 2.18. The molecule has 2 aliphatic heterocycles. The van der Waals surface area contributed by atoms with Crippen molar-refractivity contribution in [1.29, 1.82) is 0 Å². The quantitative estimate of drug-likeness (QED) is 0.484. The molecule has 3 rings (SSSR count). The normalized spacial score (nSPS) is 42.2. The van der Waals surface area contributed by atoms with Crippen molar-refractivity contribution >= 4 is 18.1 Å². The first kappa shape index (κ1) is 11.8. The minimum atomic E-state index is -0.0625. The molecule has 1 saturated carbocycles. The molecule has 82 valence electrons. The molecule has 2 bridgehead atoms. The molecule has 3 aliphatic rings. The fourth-order valence-electron chi connectivity index (χ4n) is 2.88. The fourth-order valence-corrected chi connectivity index (χ4v) is 2.88. The second-order valence-corrected chi connectivity index (χ2v) is 5.17. The molecule has 2 heterocycles. The molecule has 1 aliphatic carbocycles. The maximum absolute atomic E-state index is 8.90. The van der Waals surface area contributed by atoms with Crippen LogP contribution in [0.5, 0.6) is 0 Å². The summed E-state index contributed by atoms with van der Waals surface area (Å²) >= 11 is 0. The van der Waals surface area contributed by atoms with E-state index in [-0.39, 0.29) is 23.5 Å². The van der Waals surface area contributed by atoms with E-state index in [1.165, 1.54) is 6.42 Å². The summed E-state index contributed by atoms with van der Waals surface area (Å²) in [5, 5.41) is 15.9. The van der Waals surface area contributed by atoms with Crippen LogP contribution >= 0.6 is 12.4 Å². The van der Waals surface area contributed by atoms with Crippen molar-refractivity contribution < 1.29 is 5.21 Å². The van der Waals surface area contributed by atoms with Crippen molar-refractivity contribution in [3.8, 4) is 0 Å². The van der Waals surface area contributed by atoms with E-state index in [0.29, 0.717) is 5.92 Å². The molecule has 0 spiro atoms. The molecular weight excluding hydrogens is 200 g/mol. The van der Waals surface area contributed by atoms with Crippen LogP contribution in [0.25, 0.3) is 0 Å². The van der Waals surface area contributed by atoms with Crippen LogP contribution in [0.15, 0.2) is 5.16 Å². The molecule has 2 unspecified atom stereocenters. The van der Waals surface area contributed by atoms with Gasteiger partial charge in [0.05, 0.1) is 11.3 Å². The summed E-state index contributed by atoms with van der Waals surface area (Å²) in [6, 6.07) is 0. The Morgan fingerprint density at radius 1 is 1.43 bits per heavy atom. The zero-order valence-electron chi connectivity index (χ0n) is 9.00. The van der Waals surface area contributed by atoms with Crippen LogP contribution in [0.1, 0.15) is 40.0 Å². The Balaban J connectivity index is 0.000000980. The van der Waals surface area contributed by atoms with Gasteiger partial charge in [0.2, 0.25) is 0 Å². The number of piperidine rings is 2. The lowest BCUT2D eigenvalue weighted by atomic mass is 9.63. The van der Waals surface area contributed by atoms with Gasteiger partial charge in [-0.15, -0.1) is 12.4 Å². The summed E-state index contributed by atoms with van der Waals surface area (Å²) in [6.07, 6.45) is 3.29. The van der Waals surface area contributed by atoms with Gasteiger partial charge in [0.25, 0.3) is 0 Å². The molecule has 0 radical (unpaired) electrons. The third-order valence-electron chi connectivity index (χ3n) is 3.81. The molecule has 0 aromatic heterocycles. The third kappa shape index (κ3) is 1.52. The summed E-state index contributed by atoms with van der Waals surface area (Å²) < 4.78 is 0. The van der Waals surface area contributed by atoms with Crippen molar-refractivity contribution in [2.75, 3.05) is 0 Å². The number of rotatable bonds is 0. The Labute approximate surface area is 91.4 Å². The molecule has 4 heteroatoms. The van der Waals surface area contributed by atoms with Gasteiger partial charge in [-0.2, -0.15) is 0 Å². The van der Waals surface area contributed by atoms with E-state index >= 15 is 0 Å². The van der Waals surface area contributed by atoms with Gasteiger partial charge < -0.3 is 10.5 Å². The van der Waals surface area contributed by atoms with E-state index < -0.39 is 0 Å². The molecule has 2 saturated heterocycles. The average Bonchev–Trinajstić information content (AvgIpc) is 2.01. The highest BCUT2D eigenvalue weighted by atomic mass is 35.5. The van der Waals surface area contributed by atoms with Gasteiger partial charge in [0.15, 0.2) is 0 Å². The van der Waals surface area contributed by atoms with Crippen molar-refractivity contribution in [2.45, 2.75) is 51.1 Å². The molecule has 0 aromatic carbocycles. The number of hydrogen-bond acceptors (Lipinski definition) is 3. The van der Waals surface area contributed by atoms with Gasteiger partial charge >= 0.3 is 0 Å². The van der Waals surface area contributed by atoms with E-state index in [2.05, 4.69) is 31.2 Å². The topological polar surface area (TPSA) is 44.6 Å². The zero-order valence-corrected chi connectivity index (χ0v) is 9.82. The Morgan fingerprint density at radius 2 is 2.07 bits per heavy atom. The summed E-state index contributed by atoms with van der Waals surface area (Å²) in [7, 11) is 0. The lowest BCUT2D eigenvalue weighted by molar-refractivity contribution is 0.107. The average molecular weight is 219 g/mol. The van der Waals surface area contributed by atoms with Crippen LogP contribution in [0.4, 0.5) is 0 Å². The summed E-state index contributed by atoms with van der Waals surface area (Å²) in [5.74, 6) is 0.625. The first-order valence-corrected chi connectivity index (χ1v) is 4.99. The Bertz CT molecular complexity index is 265. The summed E-state index contributed by atoms with van der Waals surface area (Å²) in [4.78, 5) is 0. The molecule has 2 atom stereocenters. The Morgan fingerprint density at radius 3 is 2.50 bits per heavy atom. The van der Waals surface area contributed by atoms with Crippen LogP contribution in [-0.4, -0.2) is 22.0 Å². The summed E-state index contributed by atoms with van der Waals surface area (Å²) in [5.41, 5.74) is 1.07. The van der Waals surface area contributed by atoms with Crippen LogP contribution in [0, 0.1) is 5.92 Å². The zero-order chi connectivity index (χ0) is 9.69. The SMILES string of the molecule is CC12CCC(C/C1=N/O)C(C)(C)N2.Cl. The molecule has 14 heavy (non-hydrogen) atoms. The van der Waals surface area contributed by atoms with Crippen LogP contribution in [0.3, 0.4) is 0 Å². The lowest BCUT2D eigenvalue weighted by Gasteiger charge is -2.55. The lowest BCUT2D eigenvalue weighted by Crippen LogP contribution is -2.69. The molecule has 3 nitrogen and oxygen atoms in total. The first-order chi connectivity index (χ1) is 5.98. The fraction of sp³-hybridized carbons (Fsp3) is 0.900. The number of nitrogens with one attached hydrogen (secondary N) is 1. The highest BCUT2D eigenvalue weighted by Crippen LogP contribution is 2.43. The highest BCUT2D eigenvalue weighted by Gasteiger charge is 2.50. The third-order valence-corrected chi connectivity index (χ3v) is 3.81. The van der Waals surface area contributed by atoms with Crippen molar-refractivity contribution in [2.24, 2.45) is 11.1 Å². The number of oxime groups is 1. The highest BCUT2D eigenvalue weighted by molar-refractivity contribution is 5.94. The molecule has 0 amide bonds. The Kier molecular flexibility index (Phi) is 2.85. The number of halogens is 1. The number of nitrogens with zero attached hydrogens (tertiary/aromatic N) is 1. The minimum Gasteiger partial charge on any atom is -0.411 e. The molecule has 2 N–H and O–H groups in total. The van der Waals surface area contributed by atoms with Crippen molar-refractivity contribution in [1.82, 2.24) is 5.32 Å². The van der Waals surface area contributed by atoms with Crippen LogP contribution in [0.2, 0.25) is 0 Å². The van der Waals surface area contributed by atoms with E-state index in [1.807, 2.05) is 0 Å². The maximum atomic E-state index is 8.90. The Hall–Kier alpha value is -0.280. The van der Waals surface area contributed by atoms with E-state index in [4.69, 9.17) is 5.21 Å². The van der Waals surface area contributed by atoms with Crippen LogP contribution < -0.4 is 5.32 Å². The largest absolute Gasteiger partial charge is 0.411 e. The molecule has 0 aromatic rings. The predicted molar refractivity (Wildman–Crippen MR) is 59.4 cm³/mol. The van der Waals surface area contributed by atoms with E-state index in [0.717, 1.165) is 18.6 Å². The smallest absolute Gasteiger partial charge is 0.0771 e. The second-order valence-electron chi connectivity index (χ2n) is 5.17. The van der Waals surface area contributed by atoms with Gasteiger partial charge in [0, 0.05) is 5.54 Å². The first-order valence-electron chi connectivity index (χ1n) is 4.99. The molecule has 3 fully saturated rings. The monoisotopic (exact) mass is 218 g/mol. The number of fused-ring (bicyclic) bond motifs is 3. The maximum Gasteiger partial charge on any atom is 0.0771 e. The van der Waals surface area contributed by atoms with Gasteiger partial charge in [-0.05, 0) is 46.0 Å². The second kappa shape index (κ2) is 3.38. The van der Waals surface area contributed by atoms with Gasteiger partial charge in [-0.3, -0.25) is 0 Å². The van der Waals surface area contributed by atoms with Crippen molar-refractivity contribution in [3.05, 3.63) is 0 Å². The minimum absolute atomic E-state index is 0. The van der Waals surface area contributed by atoms with E-state index in [9.17, 15) is 0 Å². The van der Waals surface area contributed by atoms with Gasteiger partial charge in [-0.1, -0.05) is 5.16 Å². The van der Waals surface area contributed by atoms with Crippen LogP contribution in [-0.2, 0) is 0 Å². The van der Waals surface area contributed by atoms with Crippen molar-refractivity contribution in [3.63, 3.8) is 0 Å². The van der Waals surface area contributed by atoms with E-state index in [1.54, 1.807) is 0 Å². The standard InChI is InChI=1S/C10H18N2O.ClH/c1-9(2)7-4-5-10(3,12-9)8(6-7)11-13;/h7,12-13H,4-6H2,1-3H3;1H/b11-8-;. The van der Waals surface area contributed by atoms with Gasteiger partial charge in [0.1, 0.15) is 0 Å².